The summed E-state index contributed by atoms with van der Waals surface area (Å²) in [5, 5.41) is 7.40. The Morgan fingerprint density at radius 2 is 1.95 bits per heavy atom. The maximum atomic E-state index is 6.10. The highest BCUT2D eigenvalue weighted by Crippen LogP contribution is 2.33. The quantitative estimate of drug-likeness (QED) is 0.874. The van der Waals surface area contributed by atoms with Gasteiger partial charge in [-0.15, -0.1) is 0 Å². The molecule has 3 rings (SSSR count). The number of aromatic amines is 1. The first-order chi connectivity index (χ1) is 10.1. The Hall–Kier alpha value is -1.77. The van der Waals surface area contributed by atoms with E-state index in [9.17, 15) is 0 Å². The Kier molecular flexibility index (Phi) is 4.00. The summed E-state index contributed by atoms with van der Waals surface area (Å²) < 4.78 is 0. The molecule has 1 saturated carbocycles. The lowest BCUT2D eigenvalue weighted by Crippen LogP contribution is -1.98. The van der Waals surface area contributed by atoms with Gasteiger partial charge < -0.3 is 5.73 Å². The highest BCUT2D eigenvalue weighted by atomic mass is 15.2. The van der Waals surface area contributed by atoms with Crippen molar-refractivity contribution in [1.82, 2.24) is 10.2 Å². The fourth-order valence-electron chi connectivity index (χ4n) is 3.44. The van der Waals surface area contributed by atoms with E-state index >= 15 is 0 Å². The largest absolute Gasteiger partial charge is 0.382 e. The van der Waals surface area contributed by atoms with Crippen molar-refractivity contribution in [1.29, 1.82) is 0 Å². The molecule has 1 aliphatic carbocycles. The average molecular weight is 283 g/mol. The number of nitrogens with two attached hydrogens (primary N) is 1. The average Bonchev–Trinajstić information content (AvgIpc) is 3.09. The van der Waals surface area contributed by atoms with Gasteiger partial charge in [-0.25, -0.2) is 0 Å². The summed E-state index contributed by atoms with van der Waals surface area (Å²) in [5.74, 6) is 1.52. The SMILES string of the molecule is Cc1ccc(-c2c(N)n[nH]c2CCC2CCCC2)cc1C. The van der Waals surface area contributed by atoms with Crippen molar-refractivity contribution in [3.05, 3.63) is 35.0 Å². The van der Waals surface area contributed by atoms with Crippen LogP contribution in [-0.4, -0.2) is 10.2 Å². The van der Waals surface area contributed by atoms with Gasteiger partial charge in [0.2, 0.25) is 0 Å². The Morgan fingerprint density at radius 3 is 2.67 bits per heavy atom. The molecule has 0 spiro atoms. The van der Waals surface area contributed by atoms with Gasteiger partial charge in [-0.05, 0) is 49.3 Å². The molecule has 0 saturated heterocycles. The van der Waals surface area contributed by atoms with Gasteiger partial charge in [-0.3, -0.25) is 5.10 Å². The predicted molar refractivity (Wildman–Crippen MR) is 88.2 cm³/mol. The first-order valence-corrected chi connectivity index (χ1v) is 8.05. The molecule has 0 atom stereocenters. The molecule has 3 nitrogen and oxygen atoms in total. The molecule has 0 bridgehead atoms. The molecule has 1 aliphatic rings. The van der Waals surface area contributed by atoms with Gasteiger partial charge in [0.1, 0.15) is 0 Å². The van der Waals surface area contributed by atoms with Gasteiger partial charge in [0, 0.05) is 11.3 Å². The lowest BCUT2D eigenvalue weighted by atomic mass is 9.95. The van der Waals surface area contributed by atoms with Crippen molar-refractivity contribution in [2.24, 2.45) is 5.92 Å². The number of nitrogens with zero attached hydrogens (tertiary/aromatic N) is 1. The number of benzene rings is 1. The lowest BCUT2D eigenvalue weighted by Gasteiger charge is -2.10. The minimum Gasteiger partial charge on any atom is -0.382 e. The molecule has 112 valence electrons. The van der Waals surface area contributed by atoms with Gasteiger partial charge in [0.25, 0.3) is 0 Å². The Labute approximate surface area is 127 Å². The fraction of sp³-hybridized carbons (Fsp3) is 0.500. The summed E-state index contributed by atoms with van der Waals surface area (Å²) in [7, 11) is 0. The van der Waals surface area contributed by atoms with Crippen LogP contribution in [0.3, 0.4) is 0 Å². The molecule has 21 heavy (non-hydrogen) atoms. The lowest BCUT2D eigenvalue weighted by molar-refractivity contribution is 0.501. The van der Waals surface area contributed by atoms with E-state index < -0.39 is 0 Å². The minimum absolute atomic E-state index is 0.625. The summed E-state index contributed by atoms with van der Waals surface area (Å²) in [4.78, 5) is 0. The Bertz CT molecular complexity index is 621. The van der Waals surface area contributed by atoms with Crippen LogP contribution >= 0.6 is 0 Å². The van der Waals surface area contributed by atoms with E-state index in [1.165, 1.54) is 54.5 Å². The van der Waals surface area contributed by atoms with E-state index in [4.69, 9.17) is 5.73 Å². The summed E-state index contributed by atoms with van der Waals surface area (Å²) >= 11 is 0. The number of nitrogens with one attached hydrogen (secondary N) is 1. The van der Waals surface area contributed by atoms with Crippen LogP contribution in [0, 0.1) is 19.8 Å². The second-order valence-electron chi connectivity index (χ2n) is 6.45. The van der Waals surface area contributed by atoms with Gasteiger partial charge in [-0.2, -0.15) is 5.10 Å². The van der Waals surface area contributed by atoms with Crippen LogP contribution in [0.2, 0.25) is 0 Å². The second-order valence-corrected chi connectivity index (χ2v) is 6.45. The number of H-pyrrole nitrogens is 1. The van der Waals surface area contributed by atoms with Gasteiger partial charge in [0.15, 0.2) is 5.82 Å². The number of aromatic nitrogens is 2. The van der Waals surface area contributed by atoms with Crippen LogP contribution in [0.4, 0.5) is 5.82 Å². The fourth-order valence-corrected chi connectivity index (χ4v) is 3.44. The molecule has 1 aromatic heterocycles. The third-order valence-corrected chi connectivity index (χ3v) is 4.94. The second kappa shape index (κ2) is 5.92. The van der Waals surface area contributed by atoms with Crippen LogP contribution < -0.4 is 5.73 Å². The third-order valence-electron chi connectivity index (χ3n) is 4.94. The van der Waals surface area contributed by atoms with Crippen LogP contribution in [-0.2, 0) is 6.42 Å². The molecule has 1 fully saturated rings. The van der Waals surface area contributed by atoms with Gasteiger partial charge >= 0.3 is 0 Å². The molecule has 3 heteroatoms. The van der Waals surface area contributed by atoms with Crippen molar-refractivity contribution < 1.29 is 0 Å². The molecule has 3 N–H and O–H groups in total. The van der Waals surface area contributed by atoms with E-state index in [1.807, 2.05) is 0 Å². The highest BCUT2D eigenvalue weighted by Gasteiger charge is 2.18. The molecule has 0 radical (unpaired) electrons. The van der Waals surface area contributed by atoms with E-state index in [-0.39, 0.29) is 0 Å². The van der Waals surface area contributed by atoms with Gasteiger partial charge in [0.05, 0.1) is 0 Å². The van der Waals surface area contributed by atoms with Crippen molar-refractivity contribution in [2.75, 3.05) is 5.73 Å². The molecular weight excluding hydrogens is 258 g/mol. The Morgan fingerprint density at radius 1 is 1.19 bits per heavy atom. The first kappa shape index (κ1) is 14.2. The summed E-state index contributed by atoms with van der Waals surface area (Å²) in [6, 6.07) is 6.54. The molecule has 0 unspecified atom stereocenters. The maximum absolute atomic E-state index is 6.10. The van der Waals surface area contributed by atoms with Crippen molar-refractivity contribution in [3.63, 3.8) is 0 Å². The van der Waals surface area contributed by atoms with Gasteiger partial charge in [-0.1, -0.05) is 43.9 Å². The number of hydrogen-bond donors (Lipinski definition) is 2. The Balaban J connectivity index is 1.83. The van der Waals surface area contributed by atoms with Crippen LogP contribution in [0.15, 0.2) is 18.2 Å². The summed E-state index contributed by atoms with van der Waals surface area (Å²) in [6.45, 7) is 4.28. The number of aryl methyl sites for hydroxylation is 3. The molecular formula is C18H25N3. The zero-order valence-corrected chi connectivity index (χ0v) is 13.1. The standard InChI is InChI=1S/C18H25N3/c1-12-7-9-15(11-13(12)2)17-16(20-21-18(17)19)10-8-14-5-3-4-6-14/h7,9,11,14H,3-6,8,10H2,1-2H3,(H3,19,20,21). The number of anilines is 1. The number of rotatable bonds is 4. The molecule has 1 heterocycles. The van der Waals surface area contributed by atoms with E-state index in [2.05, 4.69) is 42.2 Å². The van der Waals surface area contributed by atoms with Crippen molar-refractivity contribution in [2.45, 2.75) is 52.4 Å². The van der Waals surface area contributed by atoms with E-state index in [1.54, 1.807) is 0 Å². The van der Waals surface area contributed by atoms with Crippen molar-refractivity contribution in [3.8, 4) is 11.1 Å². The van der Waals surface area contributed by atoms with Crippen LogP contribution in [0.5, 0.6) is 0 Å². The summed E-state index contributed by atoms with van der Waals surface area (Å²) in [5.41, 5.74) is 12.2. The zero-order chi connectivity index (χ0) is 14.8. The third kappa shape index (κ3) is 2.97. The van der Waals surface area contributed by atoms with E-state index in [0.29, 0.717) is 5.82 Å². The van der Waals surface area contributed by atoms with Crippen LogP contribution in [0.1, 0.15) is 48.9 Å². The van der Waals surface area contributed by atoms with Crippen molar-refractivity contribution >= 4 is 5.82 Å². The number of hydrogen-bond acceptors (Lipinski definition) is 2. The first-order valence-electron chi connectivity index (χ1n) is 8.05. The molecule has 2 aromatic rings. The van der Waals surface area contributed by atoms with Crippen LogP contribution in [0.25, 0.3) is 11.1 Å². The minimum atomic E-state index is 0.625. The molecule has 0 amide bonds. The monoisotopic (exact) mass is 283 g/mol. The molecule has 0 aliphatic heterocycles. The highest BCUT2D eigenvalue weighted by molar-refractivity contribution is 5.76. The van der Waals surface area contributed by atoms with E-state index in [0.717, 1.165) is 17.9 Å². The smallest absolute Gasteiger partial charge is 0.153 e. The molecule has 1 aromatic carbocycles. The topological polar surface area (TPSA) is 54.7 Å². The number of nitrogen functional groups attached to an aromatic ring is 1. The predicted octanol–water partition coefficient (Wildman–Crippen LogP) is 4.40. The normalized spacial score (nSPS) is 15.7. The maximum Gasteiger partial charge on any atom is 0.153 e. The summed E-state index contributed by atoms with van der Waals surface area (Å²) in [6.07, 6.45) is 7.89. The zero-order valence-electron chi connectivity index (χ0n) is 13.1.